The topological polar surface area (TPSA) is 38.9 Å². The molecule has 1 aromatic carbocycles. The van der Waals surface area contributed by atoms with E-state index >= 15 is 0 Å². The first-order valence-corrected chi connectivity index (χ1v) is 6.70. The number of aromatic nitrogens is 1. The van der Waals surface area contributed by atoms with Crippen LogP contribution in [0.5, 0.6) is 0 Å². The molecule has 2 N–H and O–H groups in total. The van der Waals surface area contributed by atoms with Crippen molar-refractivity contribution in [3.05, 3.63) is 52.4 Å². The molecular formula is C12H10BrFN2S. The lowest BCUT2D eigenvalue weighted by Gasteiger charge is -2.03. The fraction of sp³-hybridized carbons (Fsp3) is 0.0833. The van der Waals surface area contributed by atoms with Crippen molar-refractivity contribution < 1.29 is 4.39 Å². The summed E-state index contributed by atoms with van der Waals surface area (Å²) in [7, 11) is 0. The first kappa shape index (κ1) is 12.4. The molecule has 2 rings (SSSR count). The zero-order valence-corrected chi connectivity index (χ0v) is 11.3. The van der Waals surface area contributed by atoms with E-state index in [2.05, 4.69) is 20.9 Å². The van der Waals surface area contributed by atoms with E-state index in [1.165, 1.54) is 12.1 Å². The van der Waals surface area contributed by atoms with E-state index < -0.39 is 0 Å². The smallest absolute Gasteiger partial charge is 0.124 e. The van der Waals surface area contributed by atoms with Crippen LogP contribution in [-0.2, 0) is 5.75 Å². The van der Waals surface area contributed by atoms with Gasteiger partial charge in [0, 0.05) is 10.2 Å². The summed E-state index contributed by atoms with van der Waals surface area (Å²) in [5, 5.41) is 0.875. The Morgan fingerprint density at radius 2 is 2.12 bits per heavy atom. The predicted octanol–water partition coefficient (Wildman–Crippen LogP) is 3.86. The number of benzene rings is 1. The number of hydrogen-bond acceptors (Lipinski definition) is 3. The van der Waals surface area contributed by atoms with E-state index in [1.54, 1.807) is 24.0 Å². The van der Waals surface area contributed by atoms with E-state index in [0.717, 1.165) is 15.1 Å². The monoisotopic (exact) mass is 312 g/mol. The third-order valence-electron chi connectivity index (χ3n) is 2.07. The van der Waals surface area contributed by atoms with E-state index in [4.69, 9.17) is 5.73 Å². The van der Waals surface area contributed by atoms with Crippen molar-refractivity contribution >= 4 is 33.4 Å². The third-order valence-corrected chi connectivity index (χ3v) is 3.54. The Bertz CT molecular complexity index is 496. The molecule has 0 unspecified atom stereocenters. The highest BCUT2D eigenvalue weighted by Gasteiger charge is 2.01. The van der Waals surface area contributed by atoms with E-state index in [1.807, 2.05) is 12.1 Å². The first-order valence-electron chi connectivity index (χ1n) is 4.93. The van der Waals surface area contributed by atoms with E-state index in [-0.39, 0.29) is 5.82 Å². The van der Waals surface area contributed by atoms with Crippen LogP contribution in [0.3, 0.4) is 0 Å². The Hall–Kier alpha value is -1.07. The fourth-order valence-corrected chi connectivity index (χ4v) is 2.61. The average Bonchev–Trinajstić information content (AvgIpc) is 2.27. The van der Waals surface area contributed by atoms with Crippen LogP contribution >= 0.6 is 27.7 Å². The van der Waals surface area contributed by atoms with Crippen LogP contribution in [0.2, 0.25) is 0 Å². The minimum absolute atomic E-state index is 0.236. The van der Waals surface area contributed by atoms with Gasteiger partial charge in [0.25, 0.3) is 0 Å². The summed E-state index contributed by atoms with van der Waals surface area (Å²) in [6.45, 7) is 0. The minimum atomic E-state index is -0.236. The van der Waals surface area contributed by atoms with Crippen LogP contribution in [0.4, 0.5) is 10.1 Å². The molecule has 2 nitrogen and oxygen atoms in total. The summed E-state index contributed by atoms with van der Waals surface area (Å²) in [6, 6.07) is 8.52. The number of nitrogens with zero attached hydrogens (tertiary/aromatic N) is 1. The lowest BCUT2D eigenvalue weighted by molar-refractivity contribution is 0.625. The minimum Gasteiger partial charge on any atom is -0.397 e. The van der Waals surface area contributed by atoms with Gasteiger partial charge in [-0.1, -0.05) is 15.9 Å². The molecule has 1 heterocycles. The molecule has 2 aromatic rings. The zero-order valence-electron chi connectivity index (χ0n) is 8.86. The van der Waals surface area contributed by atoms with Gasteiger partial charge < -0.3 is 5.73 Å². The van der Waals surface area contributed by atoms with Gasteiger partial charge in [-0.15, -0.1) is 11.8 Å². The lowest BCUT2D eigenvalue weighted by atomic mass is 10.2. The summed E-state index contributed by atoms with van der Waals surface area (Å²) in [6.07, 6.45) is 1.61. The molecule has 0 spiro atoms. The molecule has 0 amide bonds. The molecule has 0 saturated carbocycles. The van der Waals surface area contributed by atoms with Crippen molar-refractivity contribution in [3.63, 3.8) is 0 Å². The molecule has 0 atom stereocenters. The van der Waals surface area contributed by atoms with Gasteiger partial charge in [-0.2, -0.15) is 0 Å². The Labute approximate surface area is 112 Å². The largest absolute Gasteiger partial charge is 0.397 e. The number of hydrogen-bond donors (Lipinski definition) is 1. The second kappa shape index (κ2) is 5.51. The molecule has 0 saturated heterocycles. The normalized spacial score (nSPS) is 10.5. The third kappa shape index (κ3) is 3.71. The van der Waals surface area contributed by atoms with Gasteiger partial charge in [0.1, 0.15) is 5.82 Å². The molecule has 0 fully saturated rings. The van der Waals surface area contributed by atoms with Crippen molar-refractivity contribution in [1.82, 2.24) is 4.98 Å². The molecule has 0 aliphatic heterocycles. The van der Waals surface area contributed by atoms with Crippen molar-refractivity contribution in [2.24, 2.45) is 0 Å². The van der Waals surface area contributed by atoms with Gasteiger partial charge in [-0.25, -0.2) is 9.37 Å². The highest BCUT2D eigenvalue weighted by molar-refractivity contribution is 9.10. The van der Waals surface area contributed by atoms with Gasteiger partial charge in [-0.3, -0.25) is 0 Å². The van der Waals surface area contributed by atoms with Gasteiger partial charge in [0.15, 0.2) is 0 Å². The lowest BCUT2D eigenvalue weighted by Crippen LogP contribution is -1.88. The number of thioether (sulfide) groups is 1. The second-order valence-electron chi connectivity index (χ2n) is 3.50. The van der Waals surface area contributed by atoms with E-state index in [9.17, 15) is 4.39 Å². The Kier molecular flexibility index (Phi) is 4.02. The van der Waals surface area contributed by atoms with Crippen LogP contribution < -0.4 is 5.73 Å². The number of rotatable bonds is 3. The maximum absolute atomic E-state index is 13.1. The Morgan fingerprint density at radius 3 is 2.76 bits per heavy atom. The first-order chi connectivity index (χ1) is 8.13. The molecule has 0 bridgehead atoms. The fourth-order valence-electron chi connectivity index (χ4n) is 1.33. The molecule has 0 aliphatic rings. The maximum Gasteiger partial charge on any atom is 0.124 e. The van der Waals surface area contributed by atoms with Crippen LogP contribution in [0, 0.1) is 5.82 Å². The molecule has 1 aromatic heterocycles. The summed E-state index contributed by atoms with van der Waals surface area (Å²) in [5.41, 5.74) is 7.10. The summed E-state index contributed by atoms with van der Waals surface area (Å²) in [4.78, 5) is 4.17. The quantitative estimate of drug-likeness (QED) is 0.875. The Balaban J connectivity index is 2.04. The van der Waals surface area contributed by atoms with Crippen LogP contribution in [0.1, 0.15) is 5.56 Å². The van der Waals surface area contributed by atoms with Gasteiger partial charge >= 0.3 is 0 Å². The van der Waals surface area contributed by atoms with Crippen molar-refractivity contribution in [1.29, 1.82) is 0 Å². The molecule has 88 valence electrons. The van der Waals surface area contributed by atoms with Crippen LogP contribution in [0.15, 0.2) is 46.0 Å². The maximum atomic E-state index is 13.1. The number of halogens is 2. The highest BCUT2D eigenvalue weighted by atomic mass is 79.9. The average molecular weight is 313 g/mol. The number of pyridine rings is 1. The van der Waals surface area contributed by atoms with E-state index in [0.29, 0.717) is 11.4 Å². The van der Waals surface area contributed by atoms with Crippen molar-refractivity contribution in [2.75, 3.05) is 5.73 Å². The molecule has 5 heteroatoms. The van der Waals surface area contributed by atoms with Gasteiger partial charge in [-0.05, 0) is 35.9 Å². The zero-order chi connectivity index (χ0) is 12.3. The molecule has 17 heavy (non-hydrogen) atoms. The number of anilines is 1. The van der Waals surface area contributed by atoms with Gasteiger partial charge in [0.2, 0.25) is 0 Å². The van der Waals surface area contributed by atoms with Gasteiger partial charge in [0.05, 0.1) is 16.9 Å². The summed E-state index contributed by atoms with van der Waals surface area (Å²) in [5.74, 6) is 0.438. The van der Waals surface area contributed by atoms with Crippen LogP contribution in [-0.4, -0.2) is 4.98 Å². The highest BCUT2D eigenvalue weighted by Crippen LogP contribution is 2.23. The Morgan fingerprint density at radius 1 is 1.29 bits per heavy atom. The molecule has 0 radical (unpaired) electrons. The number of nitrogens with two attached hydrogens (primary N) is 1. The standard InChI is InChI=1S/C12H10BrFN2S/c13-9-3-8(4-10(14)5-9)7-17-12-2-1-11(15)6-16-12/h1-6H,7,15H2. The summed E-state index contributed by atoms with van der Waals surface area (Å²) < 4.78 is 13.9. The predicted molar refractivity (Wildman–Crippen MR) is 72.3 cm³/mol. The molecular weight excluding hydrogens is 303 g/mol. The van der Waals surface area contributed by atoms with Crippen molar-refractivity contribution in [3.8, 4) is 0 Å². The summed E-state index contributed by atoms with van der Waals surface area (Å²) >= 11 is 4.81. The SMILES string of the molecule is Nc1ccc(SCc2cc(F)cc(Br)c2)nc1. The second-order valence-corrected chi connectivity index (χ2v) is 5.41. The van der Waals surface area contributed by atoms with Crippen molar-refractivity contribution in [2.45, 2.75) is 10.8 Å². The number of nitrogen functional groups attached to an aromatic ring is 1. The molecule has 0 aliphatic carbocycles. The van der Waals surface area contributed by atoms with Crippen LogP contribution in [0.25, 0.3) is 0 Å².